The molecule has 2 rings (SSSR count). The van der Waals surface area contributed by atoms with Crippen LogP contribution < -0.4 is 20.7 Å². The largest absolute Gasteiger partial charge is 0.492 e. The molecule has 0 aliphatic heterocycles. The number of ether oxygens (including phenoxy) is 1. The number of nitrogens with one attached hydrogen (secondary N) is 3. The lowest BCUT2D eigenvalue weighted by Crippen LogP contribution is -2.40. The standard InChI is InChI=1S/C18H28N4O2.HI/c1-14-5-9-16(10-6-14)24-13-12-21-18(19-2)20-11-3-4-17(23)22-15-7-8-15;/h5-6,9-10,15H,3-4,7-8,11-13H2,1-2H3,(H,22,23)(H2,19,20,21);1H. The maximum Gasteiger partial charge on any atom is 0.220 e. The van der Waals surface area contributed by atoms with Gasteiger partial charge in [-0.15, -0.1) is 24.0 Å². The van der Waals surface area contributed by atoms with E-state index in [0.29, 0.717) is 25.6 Å². The van der Waals surface area contributed by atoms with E-state index >= 15 is 0 Å². The van der Waals surface area contributed by atoms with Crippen LogP contribution in [0, 0.1) is 6.92 Å². The first-order valence-electron chi connectivity index (χ1n) is 8.60. The lowest BCUT2D eigenvalue weighted by molar-refractivity contribution is -0.121. The number of aliphatic imine (C=N–C) groups is 1. The second-order valence-electron chi connectivity index (χ2n) is 6.03. The average Bonchev–Trinajstić information content (AvgIpc) is 3.39. The molecule has 0 bridgehead atoms. The van der Waals surface area contributed by atoms with Crippen LogP contribution in [0.2, 0.25) is 0 Å². The van der Waals surface area contributed by atoms with E-state index in [9.17, 15) is 4.79 Å². The molecule has 1 aliphatic carbocycles. The minimum Gasteiger partial charge on any atom is -0.492 e. The van der Waals surface area contributed by atoms with Crippen LogP contribution in [0.3, 0.4) is 0 Å². The predicted octanol–water partition coefficient (Wildman–Crippen LogP) is 2.22. The predicted molar refractivity (Wildman–Crippen MR) is 112 cm³/mol. The Morgan fingerprint density at radius 2 is 1.88 bits per heavy atom. The van der Waals surface area contributed by atoms with Crippen LogP contribution in [0.15, 0.2) is 29.3 Å². The molecule has 1 saturated carbocycles. The van der Waals surface area contributed by atoms with Crippen molar-refractivity contribution in [2.45, 2.75) is 38.6 Å². The van der Waals surface area contributed by atoms with Gasteiger partial charge in [-0.25, -0.2) is 0 Å². The SMILES string of the molecule is CN=C(NCCCC(=O)NC1CC1)NCCOc1ccc(C)cc1.I. The summed E-state index contributed by atoms with van der Waals surface area (Å²) in [4.78, 5) is 15.7. The van der Waals surface area contributed by atoms with Crippen molar-refractivity contribution in [2.24, 2.45) is 4.99 Å². The van der Waals surface area contributed by atoms with Crippen molar-refractivity contribution in [1.82, 2.24) is 16.0 Å². The Labute approximate surface area is 167 Å². The fraction of sp³-hybridized carbons (Fsp3) is 0.556. The molecule has 3 N–H and O–H groups in total. The summed E-state index contributed by atoms with van der Waals surface area (Å²) in [5.74, 6) is 1.74. The highest BCUT2D eigenvalue weighted by Crippen LogP contribution is 2.18. The highest BCUT2D eigenvalue weighted by molar-refractivity contribution is 14.0. The first kappa shape index (κ1) is 21.5. The molecule has 25 heavy (non-hydrogen) atoms. The van der Waals surface area contributed by atoms with Crippen molar-refractivity contribution < 1.29 is 9.53 Å². The van der Waals surface area contributed by atoms with Crippen molar-refractivity contribution in [3.8, 4) is 5.75 Å². The van der Waals surface area contributed by atoms with E-state index in [4.69, 9.17) is 4.74 Å². The Balaban J connectivity index is 0.00000312. The summed E-state index contributed by atoms with van der Waals surface area (Å²) in [5, 5.41) is 9.39. The monoisotopic (exact) mass is 460 g/mol. The van der Waals surface area contributed by atoms with E-state index in [1.807, 2.05) is 24.3 Å². The number of aryl methyl sites for hydroxylation is 1. The molecule has 1 aliphatic rings. The van der Waals surface area contributed by atoms with Crippen LogP contribution in [0.5, 0.6) is 5.75 Å². The third-order valence-electron chi connectivity index (χ3n) is 3.72. The maximum atomic E-state index is 11.6. The van der Waals surface area contributed by atoms with Crippen molar-refractivity contribution in [2.75, 3.05) is 26.7 Å². The lowest BCUT2D eigenvalue weighted by atomic mass is 10.2. The molecule has 0 unspecified atom stereocenters. The van der Waals surface area contributed by atoms with E-state index in [-0.39, 0.29) is 29.9 Å². The van der Waals surface area contributed by atoms with Gasteiger partial charge in [-0.1, -0.05) is 17.7 Å². The van der Waals surface area contributed by atoms with E-state index in [2.05, 4.69) is 27.9 Å². The Bertz CT molecular complexity index is 545. The van der Waals surface area contributed by atoms with E-state index < -0.39 is 0 Å². The average molecular weight is 460 g/mol. The summed E-state index contributed by atoms with van der Waals surface area (Å²) in [6.07, 6.45) is 3.60. The quantitative estimate of drug-likeness (QED) is 0.229. The van der Waals surface area contributed by atoms with Crippen LogP contribution in [-0.2, 0) is 4.79 Å². The number of hydrogen-bond acceptors (Lipinski definition) is 3. The molecule has 1 amide bonds. The molecule has 7 heteroatoms. The highest BCUT2D eigenvalue weighted by atomic mass is 127. The minimum atomic E-state index is 0. The number of benzene rings is 1. The zero-order valence-corrected chi connectivity index (χ0v) is 17.3. The molecular formula is C18H29IN4O2. The summed E-state index contributed by atoms with van der Waals surface area (Å²) < 4.78 is 5.66. The van der Waals surface area contributed by atoms with Gasteiger partial charge in [0.1, 0.15) is 12.4 Å². The number of guanidine groups is 1. The molecule has 0 spiro atoms. The molecule has 6 nitrogen and oxygen atoms in total. The zero-order chi connectivity index (χ0) is 17.2. The molecule has 0 atom stereocenters. The Hall–Kier alpha value is -1.51. The summed E-state index contributed by atoms with van der Waals surface area (Å²) in [5.41, 5.74) is 1.22. The Kier molecular flexibility index (Phi) is 10.3. The van der Waals surface area contributed by atoms with Crippen LogP contribution in [-0.4, -0.2) is 44.7 Å². The molecule has 0 heterocycles. The summed E-state index contributed by atoms with van der Waals surface area (Å²) in [6, 6.07) is 8.43. The molecule has 1 aromatic rings. The van der Waals surface area contributed by atoms with Gasteiger partial charge in [0, 0.05) is 26.1 Å². The van der Waals surface area contributed by atoms with Gasteiger partial charge in [-0.3, -0.25) is 9.79 Å². The second-order valence-corrected chi connectivity index (χ2v) is 6.03. The van der Waals surface area contributed by atoms with Crippen molar-refractivity contribution >= 4 is 35.8 Å². The van der Waals surface area contributed by atoms with Gasteiger partial charge in [-0.05, 0) is 38.3 Å². The van der Waals surface area contributed by atoms with Gasteiger partial charge in [0.15, 0.2) is 5.96 Å². The van der Waals surface area contributed by atoms with Crippen LogP contribution in [0.25, 0.3) is 0 Å². The Morgan fingerprint density at radius 3 is 2.52 bits per heavy atom. The molecule has 140 valence electrons. The van der Waals surface area contributed by atoms with E-state index in [1.54, 1.807) is 7.05 Å². The summed E-state index contributed by atoms with van der Waals surface area (Å²) in [7, 11) is 1.73. The van der Waals surface area contributed by atoms with E-state index in [0.717, 1.165) is 37.5 Å². The number of hydrogen-bond donors (Lipinski definition) is 3. The number of halogens is 1. The van der Waals surface area contributed by atoms with Gasteiger partial charge in [0.25, 0.3) is 0 Å². The van der Waals surface area contributed by atoms with Crippen LogP contribution >= 0.6 is 24.0 Å². The van der Waals surface area contributed by atoms with Gasteiger partial charge >= 0.3 is 0 Å². The zero-order valence-electron chi connectivity index (χ0n) is 15.0. The van der Waals surface area contributed by atoms with Crippen LogP contribution in [0.1, 0.15) is 31.2 Å². The molecule has 0 saturated heterocycles. The summed E-state index contributed by atoms with van der Waals surface area (Å²) >= 11 is 0. The minimum absolute atomic E-state index is 0. The molecular weight excluding hydrogens is 431 g/mol. The molecule has 1 fully saturated rings. The number of carbonyl (C=O) groups excluding carboxylic acids is 1. The topological polar surface area (TPSA) is 74.8 Å². The van der Waals surface area contributed by atoms with Crippen molar-refractivity contribution in [1.29, 1.82) is 0 Å². The van der Waals surface area contributed by atoms with Crippen LogP contribution in [0.4, 0.5) is 0 Å². The second kappa shape index (κ2) is 11.9. The molecule has 0 aromatic heterocycles. The normalized spacial score (nSPS) is 13.6. The molecule has 0 radical (unpaired) electrons. The van der Waals surface area contributed by atoms with Crippen molar-refractivity contribution in [3.05, 3.63) is 29.8 Å². The number of amides is 1. The van der Waals surface area contributed by atoms with Gasteiger partial charge in [0.05, 0.1) is 6.54 Å². The fourth-order valence-electron chi connectivity index (χ4n) is 2.18. The smallest absolute Gasteiger partial charge is 0.220 e. The van der Waals surface area contributed by atoms with E-state index in [1.165, 1.54) is 5.56 Å². The number of carbonyl (C=O) groups is 1. The number of rotatable bonds is 9. The third kappa shape index (κ3) is 9.52. The molecule has 1 aromatic carbocycles. The first-order chi connectivity index (χ1) is 11.7. The maximum absolute atomic E-state index is 11.6. The van der Waals surface area contributed by atoms with Gasteiger partial charge in [0.2, 0.25) is 5.91 Å². The lowest BCUT2D eigenvalue weighted by Gasteiger charge is -2.12. The Morgan fingerprint density at radius 1 is 1.20 bits per heavy atom. The first-order valence-corrected chi connectivity index (χ1v) is 8.60. The van der Waals surface area contributed by atoms with Gasteiger partial charge in [-0.2, -0.15) is 0 Å². The van der Waals surface area contributed by atoms with Gasteiger partial charge < -0.3 is 20.7 Å². The highest BCUT2D eigenvalue weighted by Gasteiger charge is 2.22. The number of nitrogens with zero attached hydrogens (tertiary/aromatic N) is 1. The summed E-state index contributed by atoms with van der Waals surface area (Å²) in [6.45, 7) is 4.00. The third-order valence-corrected chi connectivity index (χ3v) is 3.72. The van der Waals surface area contributed by atoms with Crippen molar-refractivity contribution in [3.63, 3.8) is 0 Å². The fourth-order valence-corrected chi connectivity index (χ4v) is 2.18.